The van der Waals surface area contributed by atoms with Crippen LogP contribution in [0, 0.1) is 0 Å². The van der Waals surface area contributed by atoms with Gasteiger partial charge in [0.15, 0.2) is 0 Å². The number of fused-ring (bicyclic) bond motifs is 1. The third-order valence-corrected chi connectivity index (χ3v) is 4.76. The van der Waals surface area contributed by atoms with Gasteiger partial charge in [-0.25, -0.2) is 0 Å². The van der Waals surface area contributed by atoms with E-state index in [9.17, 15) is 4.79 Å². The van der Waals surface area contributed by atoms with Crippen molar-refractivity contribution >= 4 is 17.9 Å². The van der Waals surface area contributed by atoms with E-state index < -0.39 is 5.41 Å². The number of esters is 1. The highest BCUT2D eigenvalue weighted by Gasteiger charge is 2.38. The van der Waals surface area contributed by atoms with Gasteiger partial charge >= 0.3 is 5.97 Å². The predicted octanol–water partition coefficient (Wildman–Crippen LogP) is 3.79. The van der Waals surface area contributed by atoms with Gasteiger partial charge < -0.3 is 14.6 Å². The molecule has 0 spiro atoms. The van der Waals surface area contributed by atoms with Crippen LogP contribution in [-0.2, 0) is 14.9 Å². The van der Waals surface area contributed by atoms with Gasteiger partial charge in [-0.3, -0.25) is 9.79 Å². The lowest BCUT2D eigenvalue weighted by Crippen LogP contribution is -2.28. The standard InChI is InChI=1S/C22H25NO4/c1-2-26-21(25)11-12-22(17-7-4-3-5-8-17)16-23-20-15-18(9-10-19(20)22)27-14-6-13-24/h3-5,7-10,15-16,24H,2,6,11-14H2,1H3. The number of aliphatic imine (C=N–C) groups is 1. The van der Waals surface area contributed by atoms with Crippen LogP contribution in [0.1, 0.15) is 37.3 Å². The summed E-state index contributed by atoms with van der Waals surface area (Å²) in [5.41, 5.74) is 2.56. The second-order valence-electron chi connectivity index (χ2n) is 6.51. The average Bonchev–Trinajstić information content (AvgIpc) is 3.07. The Morgan fingerprint density at radius 2 is 2.00 bits per heavy atom. The molecule has 2 aromatic rings. The van der Waals surface area contributed by atoms with Gasteiger partial charge in [-0.15, -0.1) is 0 Å². The molecule has 1 unspecified atom stereocenters. The third-order valence-electron chi connectivity index (χ3n) is 4.76. The molecule has 0 fully saturated rings. The summed E-state index contributed by atoms with van der Waals surface area (Å²) < 4.78 is 10.8. The fraction of sp³-hybridized carbons (Fsp3) is 0.364. The van der Waals surface area contributed by atoms with E-state index in [4.69, 9.17) is 14.6 Å². The number of aliphatic hydroxyl groups excluding tert-OH is 1. The van der Waals surface area contributed by atoms with E-state index in [-0.39, 0.29) is 12.6 Å². The van der Waals surface area contributed by atoms with E-state index in [1.165, 1.54) is 0 Å². The minimum Gasteiger partial charge on any atom is -0.493 e. The lowest BCUT2D eigenvalue weighted by atomic mass is 9.73. The third kappa shape index (κ3) is 4.19. The van der Waals surface area contributed by atoms with Crippen LogP contribution in [0.15, 0.2) is 53.5 Å². The Balaban J connectivity index is 1.90. The van der Waals surface area contributed by atoms with Crippen molar-refractivity contribution in [2.45, 2.75) is 31.6 Å². The maximum absolute atomic E-state index is 12.0. The maximum atomic E-state index is 12.0. The quantitative estimate of drug-likeness (QED) is 0.541. The van der Waals surface area contributed by atoms with Crippen molar-refractivity contribution in [1.82, 2.24) is 0 Å². The van der Waals surface area contributed by atoms with Crippen molar-refractivity contribution in [3.05, 3.63) is 59.7 Å². The number of benzene rings is 2. The molecule has 142 valence electrons. The van der Waals surface area contributed by atoms with Crippen molar-refractivity contribution in [2.75, 3.05) is 19.8 Å². The molecule has 27 heavy (non-hydrogen) atoms. The Morgan fingerprint density at radius 1 is 1.19 bits per heavy atom. The van der Waals surface area contributed by atoms with E-state index in [2.05, 4.69) is 17.1 Å². The second-order valence-corrected chi connectivity index (χ2v) is 6.51. The summed E-state index contributed by atoms with van der Waals surface area (Å²) in [7, 11) is 0. The molecule has 0 aromatic heterocycles. The number of carbonyl (C=O) groups is 1. The van der Waals surface area contributed by atoms with Gasteiger partial charge in [-0.05, 0) is 30.5 Å². The summed E-state index contributed by atoms with van der Waals surface area (Å²) in [6.45, 7) is 2.77. The molecule has 0 amide bonds. The van der Waals surface area contributed by atoms with E-state index in [1.54, 1.807) is 0 Å². The van der Waals surface area contributed by atoms with Crippen LogP contribution in [-0.4, -0.2) is 37.1 Å². The van der Waals surface area contributed by atoms with Crippen LogP contribution >= 0.6 is 0 Å². The Bertz CT molecular complexity index is 803. The Labute approximate surface area is 159 Å². The first kappa shape index (κ1) is 19.1. The molecule has 0 radical (unpaired) electrons. The minimum atomic E-state index is -0.451. The van der Waals surface area contributed by atoms with Crippen LogP contribution in [0.2, 0.25) is 0 Å². The number of carbonyl (C=O) groups excluding carboxylic acids is 1. The SMILES string of the molecule is CCOC(=O)CCC1(c2ccccc2)C=Nc2cc(OCCCO)ccc21. The van der Waals surface area contributed by atoms with Crippen LogP contribution in [0.4, 0.5) is 5.69 Å². The lowest BCUT2D eigenvalue weighted by molar-refractivity contribution is -0.143. The van der Waals surface area contributed by atoms with Gasteiger partial charge in [0.05, 0.1) is 24.3 Å². The molecule has 1 aliphatic rings. The zero-order valence-corrected chi connectivity index (χ0v) is 15.6. The molecule has 5 heteroatoms. The summed E-state index contributed by atoms with van der Waals surface area (Å²) in [5, 5.41) is 8.89. The number of ether oxygens (including phenoxy) is 2. The first-order chi connectivity index (χ1) is 13.2. The van der Waals surface area contributed by atoms with Gasteiger partial charge in [-0.1, -0.05) is 36.4 Å². The number of aliphatic hydroxyl groups is 1. The summed E-state index contributed by atoms with van der Waals surface area (Å²) in [6, 6.07) is 16.0. The van der Waals surface area contributed by atoms with E-state index in [0.29, 0.717) is 32.5 Å². The molecule has 1 aliphatic heterocycles. The number of hydrogen-bond donors (Lipinski definition) is 1. The normalized spacial score (nSPS) is 17.6. The number of rotatable bonds is 9. The van der Waals surface area contributed by atoms with Gasteiger partial charge in [0.1, 0.15) is 5.75 Å². The fourth-order valence-electron chi connectivity index (χ4n) is 3.43. The molecule has 5 nitrogen and oxygen atoms in total. The van der Waals surface area contributed by atoms with E-state index in [1.807, 2.05) is 49.5 Å². The van der Waals surface area contributed by atoms with Gasteiger partial charge in [0.2, 0.25) is 0 Å². The summed E-state index contributed by atoms with van der Waals surface area (Å²) in [4.78, 5) is 16.6. The van der Waals surface area contributed by atoms with Crippen LogP contribution in [0.3, 0.4) is 0 Å². The molecule has 0 bridgehead atoms. The summed E-state index contributed by atoms with van der Waals surface area (Å²) >= 11 is 0. The smallest absolute Gasteiger partial charge is 0.305 e. The van der Waals surface area contributed by atoms with Crippen LogP contribution < -0.4 is 4.74 Å². The highest BCUT2D eigenvalue weighted by Crippen LogP contribution is 2.45. The van der Waals surface area contributed by atoms with E-state index >= 15 is 0 Å². The first-order valence-corrected chi connectivity index (χ1v) is 9.34. The molecule has 0 aliphatic carbocycles. The van der Waals surface area contributed by atoms with Crippen molar-refractivity contribution in [2.24, 2.45) is 4.99 Å². The molecular formula is C22H25NO4. The second kappa shape index (κ2) is 8.82. The summed E-state index contributed by atoms with van der Waals surface area (Å²) in [6.07, 6.45) is 3.44. The monoisotopic (exact) mass is 367 g/mol. The molecular weight excluding hydrogens is 342 g/mol. The lowest BCUT2D eigenvalue weighted by Gasteiger charge is -2.28. The highest BCUT2D eigenvalue weighted by molar-refractivity contribution is 5.90. The molecule has 1 N–H and O–H groups in total. The largest absolute Gasteiger partial charge is 0.493 e. The molecule has 2 aromatic carbocycles. The van der Waals surface area contributed by atoms with Crippen molar-refractivity contribution < 1.29 is 19.4 Å². The Kier molecular flexibility index (Phi) is 6.24. The van der Waals surface area contributed by atoms with Gasteiger partial charge in [0.25, 0.3) is 0 Å². The average molecular weight is 367 g/mol. The summed E-state index contributed by atoms with van der Waals surface area (Å²) in [5.74, 6) is 0.534. The Morgan fingerprint density at radius 3 is 2.74 bits per heavy atom. The van der Waals surface area contributed by atoms with E-state index in [0.717, 1.165) is 22.6 Å². The maximum Gasteiger partial charge on any atom is 0.305 e. The number of nitrogens with zero attached hydrogens (tertiary/aromatic N) is 1. The topological polar surface area (TPSA) is 68.1 Å². The predicted molar refractivity (Wildman–Crippen MR) is 105 cm³/mol. The van der Waals surface area contributed by atoms with Crippen LogP contribution in [0.5, 0.6) is 5.75 Å². The minimum absolute atomic E-state index is 0.105. The Hall–Kier alpha value is -2.66. The van der Waals surface area contributed by atoms with Crippen LogP contribution in [0.25, 0.3) is 0 Å². The zero-order chi connectivity index (χ0) is 19.1. The van der Waals surface area contributed by atoms with Crippen molar-refractivity contribution in [3.63, 3.8) is 0 Å². The molecule has 1 heterocycles. The van der Waals surface area contributed by atoms with Gasteiger partial charge in [-0.2, -0.15) is 0 Å². The molecule has 0 saturated carbocycles. The number of hydrogen-bond acceptors (Lipinski definition) is 5. The van der Waals surface area contributed by atoms with Crippen molar-refractivity contribution in [1.29, 1.82) is 0 Å². The highest BCUT2D eigenvalue weighted by atomic mass is 16.5. The van der Waals surface area contributed by atoms with Gasteiger partial charge in [0, 0.05) is 31.7 Å². The van der Waals surface area contributed by atoms with Crippen molar-refractivity contribution in [3.8, 4) is 5.75 Å². The molecule has 3 rings (SSSR count). The molecule has 1 atom stereocenters. The first-order valence-electron chi connectivity index (χ1n) is 9.34. The fourth-order valence-corrected chi connectivity index (χ4v) is 3.43. The molecule has 0 saturated heterocycles. The zero-order valence-electron chi connectivity index (χ0n) is 15.6.